The number of hydrogen-bond acceptors (Lipinski definition) is 2. The highest BCUT2D eigenvalue weighted by atomic mass is 35.5. The Morgan fingerprint density at radius 3 is 2.53 bits per heavy atom. The van der Waals surface area contributed by atoms with Gasteiger partial charge in [-0.05, 0) is 50.5 Å². The van der Waals surface area contributed by atoms with Gasteiger partial charge < -0.3 is 9.84 Å². The van der Waals surface area contributed by atoms with E-state index in [1.807, 2.05) is 6.92 Å². The second kappa shape index (κ2) is 4.96. The molecule has 0 aromatic heterocycles. The molecule has 1 N–H and O–H groups in total. The number of benzene rings is 1. The van der Waals surface area contributed by atoms with E-state index in [9.17, 15) is 4.79 Å². The van der Waals surface area contributed by atoms with Crippen LogP contribution in [0.25, 0.3) is 0 Å². The maximum absolute atomic E-state index is 11.1. The molecule has 0 saturated heterocycles. The molecule has 17 heavy (non-hydrogen) atoms. The maximum atomic E-state index is 11.1. The van der Waals surface area contributed by atoms with Gasteiger partial charge in [0, 0.05) is 5.02 Å². The Morgan fingerprint density at radius 2 is 2.06 bits per heavy atom. The number of carbonyl (C=O) groups is 1. The summed E-state index contributed by atoms with van der Waals surface area (Å²) in [5, 5.41) is 9.78. The summed E-state index contributed by atoms with van der Waals surface area (Å²) >= 11 is 6.05. The zero-order valence-electron chi connectivity index (χ0n) is 10.5. The van der Waals surface area contributed by atoms with Gasteiger partial charge in [0.05, 0.1) is 12.5 Å². The highest BCUT2D eigenvalue weighted by Crippen LogP contribution is 2.33. The van der Waals surface area contributed by atoms with Gasteiger partial charge in [-0.15, -0.1) is 0 Å². The molecule has 94 valence electrons. The third kappa shape index (κ3) is 2.91. The highest BCUT2D eigenvalue weighted by Gasteiger charge is 2.29. The van der Waals surface area contributed by atoms with Gasteiger partial charge in [0.2, 0.25) is 0 Å². The van der Waals surface area contributed by atoms with E-state index in [0.29, 0.717) is 17.2 Å². The van der Waals surface area contributed by atoms with Gasteiger partial charge >= 0.3 is 5.97 Å². The minimum atomic E-state index is -0.845. The Labute approximate surface area is 106 Å². The first kappa shape index (κ1) is 13.8. The number of aliphatic carboxylic acids is 1. The van der Waals surface area contributed by atoms with Crippen LogP contribution >= 0.6 is 11.6 Å². The molecule has 0 saturated carbocycles. The number of ether oxygens (including phenoxy) is 1. The minimum Gasteiger partial charge on any atom is -0.496 e. The molecular formula is C13H17ClO3. The molecule has 0 spiro atoms. The Balaban J connectivity index is 3.21. The van der Waals surface area contributed by atoms with Gasteiger partial charge in [0.15, 0.2) is 0 Å². The lowest BCUT2D eigenvalue weighted by Crippen LogP contribution is -2.26. The molecule has 1 rings (SSSR count). The number of halogens is 1. The highest BCUT2D eigenvalue weighted by molar-refractivity contribution is 6.31. The van der Waals surface area contributed by atoms with Crippen LogP contribution in [0.4, 0.5) is 0 Å². The van der Waals surface area contributed by atoms with E-state index >= 15 is 0 Å². The second-order valence-corrected chi connectivity index (χ2v) is 5.13. The van der Waals surface area contributed by atoms with Gasteiger partial charge in [-0.3, -0.25) is 4.79 Å². The van der Waals surface area contributed by atoms with Gasteiger partial charge in [-0.1, -0.05) is 11.6 Å². The molecule has 0 radical (unpaired) electrons. The maximum Gasteiger partial charge on any atom is 0.309 e. The van der Waals surface area contributed by atoms with Crippen LogP contribution in [0.2, 0.25) is 5.02 Å². The SMILES string of the molecule is COc1ccc(Cl)c(C)c1CC(C)(C)C(=O)O. The van der Waals surface area contributed by atoms with Gasteiger partial charge in [-0.25, -0.2) is 0 Å². The smallest absolute Gasteiger partial charge is 0.309 e. The zero-order chi connectivity index (χ0) is 13.2. The molecular weight excluding hydrogens is 240 g/mol. The summed E-state index contributed by atoms with van der Waals surface area (Å²) < 4.78 is 5.26. The third-order valence-corrected chi connectivity index (χ3v) is 3.32. The van der Waals surface area contributed by atoms with Crippen molar-refractivity contribution in [3.63, 3.8) is 0 Å². The fraction of sp³-hybridized carbons (Fsp3) is 0.462. The molecule has 1 aromatic carbocycles. The zero-order valence-corrected chi connectivity index (χ0v) is 11.3. The first-order valence-corrected chi connectivity index (χ1v) is 5.72. The lowest BCUT2D eigenvalue weighted by molar-refractivity contribution is -0.146. The van der Waals surface area contributed by atoms with E-state index in [4.69, 9.17) is 21.4 Å². The number of hydrogen-bond donors (Lipinski definition) is 1. The number of rotatable bonds is 4. The van der Waals surface area contributed by atoms with E-state index in [0.717, 1.165) is 11.1 Å². The van der Waals surface area contributed by atoms with E-state index in [1.54, 1.807) is 33.1 Å². The summed E-state index contributed by atoms with van der Waals surface area (Å²) in [5.74, 6) is -0.153. The van der Waals surface area contributed by atoms with Crippen LogP contribution in [0.1, 0.15) is 25.0 Å². The molecule has 0 aliphatic carbocycles. The summed E-state index contributed by atoms with van der Waals surface area (Å²) in [5.41, 5.74) is 0.885. The molecule has 0 bridgehead atoms. The van der Waals surface area contributed by atoms with Gasteiger partial charge in [-0.2, -0.15) is 0 Å². The average molecular weight is 257 g/mol. The third-order valence-electron chi connectivity index (χ3n) is 2.91. The van der Waals surface area contributed by atoms with E-state index in [1.165, 1.54) is 0 Å². The quantitative estimate of drug-likeness (QED) is 0.899. The van der Waals surface area contributed by atoms with Crippen molar-refractivity contribution in [3.05, 3.63) is 28.3 Å². The normalized spacial score (nSPS) is 11.4. The van der Waals surface area contributed by atoms with Crippen molar-refractivity contribution in [2.45, 2.75) is 27.2 Å². The minimum absolute atomic E-state index is 0.387. The van der Waals surface area contributed by atoms with Crippen LogP contribution in [0, 0.1) is 12.3 Å². The first-order chi connectivity index (χ1) is 7.79. The molecule has 0 atom stereocenters. The number of methoxy groups -OCH3 is 1. The van der Waals surface area contributed by atoms with Gasteiger partial charge in [0.1, 0.15) is 5.75 Å². The lowest BCUT2D eigenvalue weighted by atomic mass is 9.84. The molecule has 1 aromatic rings. The van der Waals surface area contributed by atoms with Crippen LogP contribution in [0.5, 0.6) is 5.75 Å². The van der Waals surface area contributed by atoms with Crippen molar-refractivity contribution < 1.29 is 14.6 Å². The van der Waals surface area contributed by atoms with Crippen molar-refractivity contribution in [3.8, 4) is 5.75 Å². The summed E-state index contributed by atoms with van der Waals surface area (Å²) in [6.45, 7) is 5.25. The summed E-state index contributed by atoms with van der Waals surface area (Å²) in [7, 11) is 1.57. The molecule has 4 heteroatoms. The van der Waals surface area contributed by atoms with Crippen molar-refractivity contribution in [1.29, 1.82) is 0 Å². The Morgan fingerprint density at radius 1 is 1.47 bits per heavy atom. The first-order valence-electron chi connectivity index (χ1n) is 5.35. The summed E-state index contributed by atoms with van der Waals surface area (Å²) in [4.78, 5) is 11.1. The predicted molar refractivity (Wildman–Crippen MR) is 67.9 cm³/mol. The van der Waals surface area contributed by atoms with Crippen LogP contribution in [0.15, 0.2) is 12.1 Å². The van der Waals surface area contributed by atoms with Crippen molar-refractivity contribution in [2.75, 3.05) is 7.11 Å². The van der Waals surface area contributed by atoms with Crippen molar-refractivity contribution >= 4 is 17.6 Å². The topological polar surface area (TPSA) is 46.5 Å². The lowest BCUT2D eigenvalue weighted by Gasteiger charge is -2.22. The summed E-state index contributed by atoms with van der Waals surface area (Å²) in [6, 6.07) is 3.52. The van der Waals surface area contributed by atoms with Crippen molar-refractivity contribution in [1.82, 2.24) is 0 Å². The van der Waals surface area contributed by atoms with E-state index in [2.05, 4.69) is 0 Å². The van der Waals surface area contributed by atoms with Crippen LogP contribution in [-0.4, -0.2) is 18.2 Å². The Kier molecular flexibility index (Phi) is 4.04. The molecule has 0 amide bonds. The summed E-state index contributed by atoms with van der Waals surface area (Å²) in [6.07, 6.45) is 0.387. The fourth-order valence-electron chi connectivity index (χ4n) is 1.63. The fourth-order valence-corrected chi connectivity index (χ4v) is 1.81. The predicted octanol–water partition coefficient (Wildman–Crippen LogP) is 3.31. The standard InChI is InChI=1S/C13H17ClO3/c1-8-9(7-13(2,3)12(15)16)11(17-4)6-5-10(8)14/h5-6H,7H2,1-4H3,(H,15,16). The largest absolute Gasteiger partial charge is 0.496 e. The monoisotopic (exact) mass is 256 g/mol. The average Bonchev–Trinajstić information content (AvgIpc) is 2.25. The van der Waals surface area contributed by atoms with Crippen LogP contribution in [0.3, 0.4) is 0 Å². The molecule has 0 heterocycles. The van der Waals surface area contributed by atoms with Crippen LogP contribution in [-0.2, 0) is 11.2 Å². The molecule has 3 nitrogen and oxygen atoms in total. The second-order valence-electron chi connectivity index (χ2n) is 4.72. The number of carboxylic acids is 1. The molecule has 0 unspecified atom stereocenters. The Bertz CT molecular complexity index is 439. The molecule has 0 aliphatic heterocycles. The molecule has 0 fully saturated rings. The molecule has 0 aliphatic rings. The van der Waals surface area contributed by atoms with Gasteiger partial charge in [0.25, 0.3) is 0 Å². The van der Waals surface area contributed by atoms with E-state index in [-0.39, 0.29) is 0 Å². The van der Waals surface area contributed by atoms with Crippen LogP contribution < -0.4 is 4.74 Å². The Hall–Kier alpha value is -1.22. The van der Waals surface area contributed by atoms with E-state index < -0.39 is 11.4 Å². The number of carboxylic acid groups (broad SMARTS) is 1. The van der Waals surface area contributed by atoms with Crippen molar-refractivity contribution in [2.24, 2.45) is 5.41 Å².